The first-order valence-corrected chi connectivity index (χ1v) is 46.6. The molecule has 0 heterocycles. The number of unbranched alkanes of at least 4 members (excludes halogenated alkanes) is 59. The minimum Gasteiger partial charge on any atom is -0.756 e. The Balaban J connectivity index is 3.85. The lowest BCUT2D eigenvalue weighted by Gasteiger charge is -2.28. The standard InChI is InChI=1S/C93H174NO8P/c1-6-8-10-12-14-16-18-20-22-24-26-28-30-32-34-36-38-40-42-44-46-48-49-51-53-55-57-59-61-63-65-67-69-71-73-75-77-79-81-83-85-92(95)99-89-91(90-101-103(97,98)100-88-87-94(3,4)5)102-93(96)86-84-82-80-78-76-74-72-70-68-66-64-62-60-58-56-54-52-50-47-45-43-41-39-37-35-33-31-29-27-25-23-21-19-17-15-13-11-9-7-2/h9,11,15,17,21,23,27,29,33,35,39,41,91H,6-8,10,12-14,16,18-20,22,24-26,28,30-32,34,36-38,40,42-90H2,1-5H3/b11-9-,17-15-,23-21-,29-27-,35-33-,41-39-. The molecule has 0 bridgehead atoms. The maximum atomic E-state index is 12.9. The van der Waals surface area contributed by atoms with E-state index in [1.807, 2.05) is 21.1 Å². The van der Waals surface area contributed by atoms with Gasteiger partial charge in [0.1, 0.15) is 19.8 Å². The summed E-state index contributed by atoms with van der Waals surface area (Å²) in [5.74, 6) is -0.808. The average Bonchev–Trinajstić information content (AvgIpc) is 1.01. The van der Waals surface area contributed by atoms with E-state index in [0.29, 0.717) is 17.4 Å². The van der Waals surface area contributed by atoms with E-state index in [0.717, 1.165) is 70.6 Å². The molecule has 0 aliphatic rings. The molecule has 10 heteroatoms. The second-order valence-electron chi connectivity index (χ2n) is 31.9. The number of nitrogens with zero attached hydrogens (tertiary/aromatic N) is 1. The van der Waals surface area contributed by atoms with Gasteiger partial charge in [0, 0.05) is 12.8 Å². The van der Waals surface area contributed by atoms with Crippen LogP contribution >= 0.6 is 7.82 Å². The molecular formula is C93H174NO8P. The molecule has 0 N–H and O–H groups in total. The van der Waals surface area contributed by atoms with E-state index < -0.39 is 26.5 Å². The molecular weight excluding hydrogens is 1290 g/mol. The number of quaternary nitrogens is 1. The summed E-state index contributed by atoms with van der Waals surface area (Å²) in [6, 6.07) is 0. The Bertz CT molecular complexity index is 1970. The van der Waals surface area contributed by atoms with Crippen LogP contribution in [0.5, 0.6) is 0 Å². The maximum absolute atomic E-state index is 12.9. The number of phosphoric acid groups is 1. The molecule has 0 spiro atoms. The summed E-state index contributed by atoms with van der Waals surface area (Å²) in [6.45, 7) is 4.21. The molecule has 0 rings (SSSR count). The number of phosphoric ester groups is 1. The third-order valence-electron chi connectivity index (χ3n) is 20.5. The predicted molar refractivity (Wildman–Crippen MR) is 448 cm³/mol. The molecule has 0 aromatic carbocycles. The van der Waals surface area contributed by atoms with Crippen molar-refractivity contribution in [2.24, 2.45) is 0 Å². The predicted octanol–water partition coefficient (Wildman–Crippen LogP) is 29.9. The zero-order valence-corrected chi connectivity index (χ0v) is 70.2. The lowest BCUT2D eigenvalue weighted by molar-refractivity contribution is -0.870. The number of esters is 2. The van der Waals surface area contributed by atoms with Crippen LogP contribution < -0.4 is 4.89 Å². The number of hydrogen-bond acceptors (Lipinski definition) is 8. The summed E-state index contributed by atoms with van der Waals surface area (Å²) < 4.78 is 34.5. The van der Waals surface area contributed by atoms with Crippen molar-refractivity contribution in [1.29, 1.82) is 0 Å². The van der Waals surface area contributed by atoms with Crippen LogP contribution in [0.4, 0.5) is 0 Å². The molecule has 0 amide bonds. The van der Waals surface area contributed by atoms with Gasteiger partial charge in [-0.2, -0.15) is 0 Å². The summed E-state index contributed by atoms with van der Waals surface area (Å²) in [4.78, 5) is 38.3. The van der Waals surface area contributed by atoms with Crippen LogP contribution in [-0.4, -0.2) is 70.0 Å². The van der Waals surface area contributed by atoms with E-state index in [9.17, 15) is 19.0 Å². The normalized spacial score (nSPS) is 13.3. The summed E-state index contributed by atoms with van der Waals surface area (Å²) in [6.07, 6.45) is 115. The van der Waals surface area contributed by atoms with Crippen LogP contribution in [0, 0.1) is 0 Å². The second-order valence-corrected chi connectivity index (χ2v) is 33.4. The minimum atomic E-state index is -4.65. The van der Waals surface area contributed by atoms with E-state index in [1.54, 1.807) is 0 Å². The van der Waals surface area contributed by atoms with Gasteiger partial charge in [0.05, 0.1) is 27.7 Å². The Morgan fingerprint density at radius 3 is 0.825 bits per heavy atom. The lowest BCUT2D eigenvalue weighted by Crippen LogP contribution is -2.37. The molecule has 0 aromatic heterocycles. The minimum absolute atomic E-state index is 0.0287. The summed E-state index contributed by atoms with van der Waals surface area (Å²) >= 11 is 0. The third-order valence-corrected chi connectivity index (χ3v) is 21.5. The van der Waals surface area contributed by atoms with Crippen LogP contribution in [0.25, 0.3) is 0 Å². The van der Waals surface area contributed by atoms with Crippen molar-refractivity contribution in [1.82, 2.24) is 0 Å². The molecule has 0 fully saturated rings. The number of allylic oxidation sites excluding steroid dienone is 12. The van der Waals surface area contributed by atoms with Crippen molar-refractivity contribution in [3.05, 3.63) is 72.9 Å². The van der Waals surface area contributed by atoms with Crippen molar-refractivity contribution in [3.63, 3.8) is 0 Å². The molecule has 103 heavy (non-hydrogen) atoms. The summed E-state index contributed by atoms with van der Waals surface area (Å²) in [5.41, 5.74) is 0. The van der Waals surface area contributed by atoms with Crippen molar-refractivity contribution >= 4 is 19.8 Å². The van der Waals surface area contributed by atoms with E-state index in [4.69, 9.17) is 18.5 Å². The number of hydrogen-bond donors (Lipinski definition) is 0. The van der Waals surface area contributed by atoms with Crippen LogP contribution in [-0.2, 0) is 32.7 Å². The first-order valence-electron chi connectivity index (χ1n) is 45.1. The molecule has 2 atom stereocenters. The highest BCUT2D eigenvalue weighted by molar-refractivity contribution is 7.45. The zero-order chi connectivity index (χ0) is 74.7. The highest BCUT2D eigenvalue weighted by Gasteiger charge is 2.22. The van der Waals surface area contributed by atoms with Gasteiger partial charge in [-0.25, -0.2) is 0 Å². The van der Waals surface area contributed by atoms with Crippen molar-refractivity contribution < 1.29 is 42.1 Å². The fourth-order valence-corrected chi connectivity index (χ4v) is 14.4. The van der Waals surface area contributed by atoms with Gasteiger partial charge in [0.2, 0.25) is 0 Å². The molecule has 9 nitrogen and oxygen atoms in total. The Labute approximate surface area is 641 Å². The summed E-state index contributed by atoms with van der Waals surface area (Å²) in [7, 11) is 1.19. The first-order chi connectivity index (χ1) is 50.5. The fraction of sp³-hybridized carbons (Fsp3) is 0.849. The summed E-state index contributed by atoms with van der Waals surface area (Å²) in [5, 5.41) is 0. The largest absolute Gasteiger partial charge is 0.756 e. The van der Waals surface area contributed by atoms with Gasteiger partial charge in [-0.1, -0.05) is 453 Å². The van der Waals surface area contributed by atoms with Crippen LogP contribution in [0.1, 0.15) is 457 Å². The van der Waals surface area contributed by atoms with Crippen molar-refractivity contribution in [2.45, 2.75) is 463 Å². The Hall–Kier alpha value is -2.55. The van der Waals surface area contributed by atoms with Gasteiger partial charge < -0.3 is 27.9 Å². The van der Waals surface area contributed by atoms with Crippen LogP contribution in [0.15, 0.2) is 72.9 Å². The monoisotopic (exact) mass is 1460 g/mol. The molecule has 0 aliphatic heterocycles. The highest BCUT2D eigenvalue weighted by Crippen LogP contribution is 2.38. The highest BCUT2D eigenvalue weighted by atomic mass is 31.2. The quantitative estimate of drug-likeness (QED) is 0.0195. The molecule has 0 saturated heterocycles. The van der Waals surface area contributed by atoms with E-state index in [-0.39, 0.29) is 32.0 Å². The first kappa shape index (κ1) is 100. The fourth-order valence-electron chi connectivity index (χ4n) is 13.7. The SMILES string of the molecule is CC/C=C\C/C=C\C/C=C\C/C=C\C/C=C\C/C=C\CCCCCCCCCCCCCCCCCCCCCCC(=O)OC(COC(=O)CCCCCCCCCCCCCCCCCCCCCCCCCCCCCCCCCCCCCCCCCC)COP(=O)([O-])OCC[N+](C)(C)C. The van der Waals surface area contributed by atoms with Crippen LogP contribution in [0.2, 0.25) is 0 Å². The third kappa shape index (κ3) is 88.2. The molecule has 0 radical (unpaired) electrons. The number of likely N-dealkylation sites (N-methyl/N-ethyl adjacent to an activating group) is 1. The number of carbonyl (C=O) groups excluding carboxylic acids is 2. The molecule has 2 unspecified atom stereocenters. The van der Waals surface area contributed by atoms with Gasteiger partial charge in [-0.15, -0.1) is 0 Å². The lowest BCUT2D eigenvalue weighted by atomic mass is 10.0. The zero-order valence-electron chi connectivity index (χ0n) is 69.3. The van der Waals surface area contributed by atoms with Crippen molar-refractivity contribution in [3.8, 4) is 0 Å². The van der Waals surface area contributed by atoms with Gasteiger partial charge in [-0.05, 0) is 64.2 Å². The molecule has 604 valence electrons. The van der Waals surface area contributed by atoms with Gasteiger partial charge in [-0.3, -0.25) is 14.2 Å². The Morgan fingerprint density at radius 1 is 0.311 bits per heavy atom. The number of ether oxygens (including phenoxy) is 2. The topological polar surface area (TPSA) is 111 Å². The van der Waals surface area contributed by atoms with Crippen LogP contribution in [0.3, 0.4) is 0 Å². The van der Waals surface area contributed by atoms with Gasteiger partial charge in [0.15, 0.2) is 6.10 Å². The average molecular weight is 1470 g/mol. The van der Waals surface area contributed by atoms with Crippen molar-refractivity contribution in [2.75, 3.05) is 47.5 Å². The Kier molecular flexibility index (Phi) is 81.4. The van der Waals surface area contributed by atoms with E-state index in [1.165, 1.54) is 353 Å². The van der Waals surface area contributed by atoms with E-state index in [2.05, 4.69) is 86.8 Å². The number of rotatable bonds is 85. The Morgan fingerprint density at radius 2 is 0.553 bits per heavy atom. The smallest absolute Gasteiger partial charge is 0.306 e. The molecule has 0 aromatic rings. The second kappa shape index (κ2) is 83.5. The maximum Gasteiger partial charge on any atom is 0.306 e. The van der Waals surface area contributed by atoms with Gasteiger partial charge in [0.25, 0.3) is 7.82 Å². The number of carbonyl (C=O) groups is 2. The molecule has 0 aliphatic carbocycles. The van der Waals surface area contributed by atoms with Gasteiger partial charge >= 0.3 is 11.9 Å². The van der Waals surface area contributed by atoms with E-state index >= 15 is 0 Å². The molecule has 0 saturated carbocycles.